The minimum atomic E-state index is -0.277. The first kappa shape index (κ1) is 17.4. The molecular weight excluding hydrogens is 334 g/mol. The Labute approximate surface area is 144 Å². The van der Waals surface area contributed by atoms with Crippen molar-refractivity contribution in [3.8, 4) is 0 Å². The molecule has 0 fully saturated rings. The summed E-state index contributed by atoms with van der Waals surface area (Å²) in [6.07, 6.45) is 2.35. The number of nitrogens with one attached hydrogen (secondary N) is 1. The van der Waals surface area contributed by atoms with Gasteiger partial charge in [0.2, 0.25) is 5.91 Å². The molecule has 2 amide bonds. The van der Waals surface area contributed by atoms with Crippen molar-refractivity contribution in [3.63, 3.8) is 0 Å². The molecule has 0 saturated heterocycles. The van der Waals surface area contributed by atoms with Gasteiger partial charge in [-0.15, -0.1) is 11.3 Å². The van der Waals surface area contributed by atoms with Crippen LogP contribution in [0.3, 0.4) is 0 Å². The average Bonchev–Trinajstić information content (AvgIpc) is 3.04. The van der Waals surface area contributed by atoms with E-state index in [-0.39, 0.29) is 24.4 Å². The smallest absolute Gasteiger partial charge is 0.256 e. The topological polar surface area (TPSA) is 62.3 Å². The van der Waals surface area contributed by atoms with Gasteiger partial charge in [0.05, 0.1) is 10.6 Å². The highest BCUT2D eigenvalue weighted by atomic mass is 35.5. The van der Waals surface area contributed by atoms with Crippen LogP contribution in [0.1, 0.15) is 30.6 Å². The van der Waals surface area contributed by atoms with E-state index in [0.29, 0.717) is 15.7 Å². The number of benzene rings is 1. The molecular formula is C16H18ClN3O2S. The zero-order chi connectivity index (χ0) is 16.8. The summed E-state index contributed by atoms with van der Waals surface area (Å²) in [5.74, 6) is -0.528. The van der Waals surface area contributed by atoms with Gasteiger partial charge in [0.15, 0.2) is 5.13 Å². The molecule has 1 aromatic carbocycles. The van der Waals surface area contributed by atoms with E-state index >= 15 is 0 Å². The fraction of sp³-hybridized carbons (Fsp3) is 0.312. The van der Waals surface area contributed by atoms with Gasteiger partial charge in [0, 0.05) is 17.6 Å². The van der Waals surface area contributed by atoms with E-state index in [1.165, 1.54) is 16.2 Å². The fourth-order valence-corrected chi connectivity index (χ4v) is 2.80. The molecule has 2 aromatic rings. The van der Waals surface area contributed by atoms with Gasteiger partial charge in [-0.1, -0.05) is 30.7 Å². The molecule has 122 valence electrons. The molecule has 1 unspecified atom stereocenters. The van der Waals surface area contributed by atoms with Crippen LogP contribution in [0, 0.1) is 0 Å². The number of thiazole rings is 1. The molecule has 0 aliphatic rings. The van der Waals surface area contributed by atoms with Crippen molar-refractivity contribution < 1.29 is 9.59 Å². The summed E-state index contributed by atoms with van der Waals surface area (Å²) in [7, 11) is 0. The number of rotatable bonds is 6. The number of anilines is 1. The van der Waals surface area contributed by atoms with Crippen LogP contribution in [0.2, 0.25) is 5.02 Å². The summed E-state index contributed by atoms with van der Waals surface area (Å²) >= 11 is 7.44. The third kappa shape index (κ3) is 4.53. The Hall–Kier alpha value is -1.92. The maximum Gasteiger partial charge on any atom is 0.256 e. The van der Waals surface area contributed by atoms with E-state index < -0.39 is 0 Å². The first-order chi connectivity index (χ1) is 11.0. The summed E-state index contributed by atoms with van der Waals surface area (Å²) in [5.41, 5.74) is 0.400. The predicted molar refractivity (Wildman–Crippen MR) is 93.0 cm³/mol. The van der Waals surface area contributed by atoms with E-state index in [1.54, 1.807) is 35.8 Å². The van der Waals surface area contributed by atoms with Crippen molar-refractivity contribution in [2.75, 3.05) is 11.9 Å². The van der Waals surface area contributed by atoms with Crippen molar-refractivity contribution in [2.45, 2.75) is 26.3 Å². The lowest BCUT2D eigenvalue weighted by Gasteiger charge is -2.28. The Morgan fingerprint density at radius 2 is 2.13 bits per heavy atom. The van der Waals surface area contributed by atoms with Crippen LogP contribution in [0.15, 0.2) is 35.8 Å². The SMILES string of the molecule is CCC(C)N(CC(=O)Nc1nccs1)C(=O)c1ccccc1Cl. The van der Waals surface area contributed by atoms with Gasteiger partial charge in [-0.2, -0.15) is 0 Å². The van der Waals surface area contributed by atoms with Crippen LogP contribution in [0.5, 0.6) is 0 Å². The van der Waals surface area contributed by atoms with Crippen molar-refractivity contribution in [2.24, 2.45) is 0 Å². The summed E-state index contributed by atoms with van der Waals surface area (Å²) < 4.78 is 0. The number of halogens is 1. The summed E-state index contributed by atoms with van der Waals surface area (Å²) in [5, 5.41) is 5.37. The van der Waals surface area contributed by atoms with Crippen LogP contribution in [-0.4, -0.2) is 34.3 Å². The second-order valence-corrected chi connectivity index (χ2v) is 6.36. The number of carbonyl (C=O) groups is 2. The fourth-order valence-electron chi connectivity index (χ4n) is 2.04. The van der Waals surface area contributed by atoms with Crippen molar-refractivity contribution in [3.05, 3.63) is 46.4 Å². The molecule has 1 heterocycles. The van der Waals surface area contributed by atoms with Gasteiger partial charge in [-0.05, 0) is 25.5 Å². The molecule has 2 rings (SSSR count). The van der Waals surface area contributed by atoms with E-state index in [2.05, 4.69) is 10.3 Å². The Bertz CT molecular complexity index is 676. The Morgan fingerprint density at radius 1 is 1.39 bits per heavy atom. The molecule has 1 N–H and O–H groups in total. The lowest BCUT2D eigenvalue weighted by atomic mass is 10.1. The molecule has 1 atom stereocenters. The van der Waals surface area contributed by atoms with Crippen LogP contribution >= 0.6 is 22.9 Å². The molecule has 7 heteroatoms. The molecule has 0 aliphatic heterocycles. The molecule has 0 radical (unpaired) electrons. The Balaban J connectivity index is 2.15. The maximum atomic E-state index is 12.8. The molecule has 0 saturated carbocycles. The molecule has 5 nitrogen and oxygen atoms in total. The number of aromatic nitrogens is 1. The van der Waals surface area contributed by atoms with Gasteiger partial charge < -0.3 is 10.2 Å². The van der Waals surface area contributed by atoms with Gasteiger partial charge in [0.1, 0.15) is 6.54 Å². The first-order valence-corrected chi connectivity index (χ1v) is 8.53. The standard InChI is InChI=1S/C16H18ClN3O2S/c1-3-11(2)20(10-14(21)19-16-18-8-9-23-16)15(22)12-6-4-5-7-13(12)17/h4-9,11H,3,10H2,1-2H3,(H,18,19,21). The molecule has 0 aliphatic carbocycles. The van der Waals surface area contributed by atoms with Gasteiger partial charge >= 0.3 is 0 Å². The van der Waals surface area contributed by atoms with Crippen LogP contribution in [0.4, 0.5) is 5.13 Å². The van der Waals surface area contributed by atoms with E-state index in [0.717, 1.165) is 6.42 Å². The second kappa shape index (κ2) is 8.08. The zero-order valence-corrected chi connectivity index (χ0v) is 14.5. The molecule has 1 aromatic heterocycles. The number of carbonyl (C=O) groups excluding carboxylic acids is 2. The van der Waals surface area contributed by atoms with Gasteiger partial charge in [-0.3, -0.25) is 9.59 Å². The lowest BCUT2D eigenvalue weighted by molar-refractivity contribution is -0.117. The minimum Gasteiger partial charge on any atom is -0.327 e. The number of hydrogen-bond donors (Lipinski definition) is 1. The third-order valence-electron chi connectivity index (χ3n) is 3.48. The van der Waals surface area contributed by atoms with Crippen molar-refractivity contribution >= 4 is 39.9 Å². The number of nitrogens with zero attached hydrogens (tertiary/aromatic N) is 2. The first-order valence-electron chi connectivity index (χ1n) is 7.27. The van der Waals surface area contributed by atoms with Gasteiger partial charge in [0.25, 0.3) is 5.91 Å². The monoisotopic (exact) mass is 351 g/mol. The summed E-state index contributed by atoms with van der Waals surface area (Å²) in [6, 6.07) is 6.77. The maximum absolute atomic E-state index is 12.8. The minimum absolute atomic E-state index is 0.0430. The van der Waals surface area contributed by atoms with Gasteiger partial charge in [-0.25, -0.2) is 4.98 Å². The quantitative estimate of drug-likeness (QED) is 0.863. The van der Waals surface area contributed by atoms with Crippen molar-refractivity contribution in [1.29, 1.82) is 0 Å². The van der Waals surface area contributed by atoms with Crippen LogP contribution in [-0.2, 0) is 4.79 Å². The number of hydrogen-bond acceptors (Lipinski definition) is 4. The molecule has 0 bridgehead atoms. The number of amides is 2. The van der Waals surface area contributed by atoms with Crippen LogP contribution in [0.25, 0.3) is 0 Å². The second-order valence-electron chi connectivity index (χ2n) is 5.06. The largest absolute Gasteiger partial charge is 0.327 e. The lowest BCUT2D eigenvalue weighted by Crippen LogP contribution is -2.43. The highest BCUT2D eigenvalue weighted by Gasteiger charge is 2.24. The molecule has 0 spiro atoms. The van der Waals surface area contributed by atoms with E-state index in [9.17, 15) is 9.59 Å². The zero-order valence-electron chi connectivity index (χ0n) is 13.0. The normalized spacial score (nSPS) is 11.8. The van der Waals surface area contributed by atoms with Crippen molar-refractivity contribution in [1.82, 2.24) is 9.88 Å². The summed E-state index contributed by atoms with van der Waals surface area (Å²) in [6.45, 7) is 3.83. The predicted octanol–water partition coefficient (Wildman–Crippen LogP) is 3.68. The Kier molecular flexibility index (Phi) is 6.12. The average molecular weight is 352 g/mol. The van der Waals surface area contributed by atoms with E-state index in [4.69, 9.17) is 11.6 Å². The third-order valence-corrected chi connectivity index (χ3v) is 4.50. The molecule has 23 heavy (non-hydrogen) atoms. The highest BCUT2D eigenvalue weighted by molar-refractivity contribution is 7.13. The van der Waals surface area contributed by atoms with Crippen LogP contribution < -0.4 is 5.32 Å². The van der Waals surface area contributed by atoms with E-state index in [1.807, 2.05) is 13.8 Å². The highest BCUT2D eigenvalue weighted by Crippen LogP contribution is 2.19. The summed E-state index contributed by atoms with van der Waals surface area (Å²) in [4.78, 5) is 30.5. The Morgan fingerprint density at radius 3 is 2.74 bits per heavy atom.